The summed E-state index contributed by atoms with van der Waals surface area (Å²) in [6.07, 6.45) is 3.53. The van der Waals surface area contributed by atoms with Gasteiger partial charge in [-0.25, -0.2) is 4.79 Å². The van der Waals surface area contributed by atoms with E-state index in [9.17, 15) is 4.79 Å². The number of carbonyl (C=O) groups excluding carboxylic acids is 1. The van der Waals surface area contributed by atoms with Gasteiger partial charge in [0.2, 0.25) is 0 Å². The second-order valence-corrected chi connectivity index (χ2v) is 4.98. The lowest BCUT2D eigenvalue weighted by Gasteiger charge is -2.09. The van der Waals surface area contributed by atoms with Crippen LogP contribution in [0.4, 0.5) is 0 Å². The van der Waals surface area contributed by atoms with E-state index in [2.05, 4.69) is 0 Å². The van der Waals surface area contributed by atoms with E-state index < -0.39 is 0 Å². The molecule has 2 aromatic carbocycles. The average molecular weight is 308 g/mol. The molecule has 0 aromatic heterocycles. The van der Waals surface area contributed by atoms with E-state index in [1.807, 2.05) is 36.4 Å². The molecule has 0 atom stereocenters. The van der Waals surface area contributed by atoms with Crippen LogP contribution in [-0.2, 0) is 9.53 Å². The van der Waals surface area contributed by atoms with Gasteiger partial charge >= 0.3 is 5.97 Å². The van der Waals surface area contributed by atoms with Gasteiger partial charge in [-0.2, -0.15) is 0 Å². The van der Waals surface area contributed by atoms with Gasteiger partial charge in [-0.05, 0) is 35.9 Å². The summed E-state index contributed by atoms with van der Waals surface area (Å²) >= 11 is 0. The summed E-state index contributed by atoms with van der Waals surface area (Å²) in [5.74, 6) is 1.35. The van der Waals surface area contributed by atoms with Crippen molar-refractivity contribution in [2.45, 2.75) is 0 Å². The Bertz CT molecular complexity index is 788. The molecule has 0 amide bonds. The summed E-state index contributed by atoms with van der Waals surface area (Å²) in [7, 11) is 3.14. The molecule has 0 N–H and O–H groups in total. The predicted molar refractivity (Wildman–Crippen MR) is 88.0 cm³/mol. The lowest BCUT2D eigenvalue weighted by molar-refractivity contribution is -0.130. The van der Waals surface area contributed by atoms with E-state index in [0.29, 0.717) is 22.8 Å². The molecule has 1 aliphatic heterocycles. The van der Waals surface area contributed by atoms with E-state index in [-0.39, 0.29) is 5.97 Å². The van der Waals surface area contributed by atoms with E-state index >= 15 is 0 Å². The van der Waals surface area contributed by atoms with E-state index in [0.717, 1.165) is 11.1 Å². The lowest BCUT2D eigenvalue weighted by Crippen LogP contribution is -1.97. The predicted octanol–water partition coefficient (Wildman–Crippen LogP) is 3.69. The van der Waals surface area contributed by atoms with Gasteiger partial charge in [0.1, 0.15) is 5.76 Å². The van der Waals surface area contributed by atoms with E-state index in [1.54, 1.807) is 38.5 Å². The van der Waals surface area contributed by atoms with Crippen LogP contribution < -0.4 is 9.47 Å². The number of cyclic esters (lactones) is 1. The number of methoxy groups -OCH3 is 2. The van der Waals surface area contributed by atoms with Crippen molar-refractivity contribution in [3.8, 4) is 11.5 Å². The third-order valence-electron chi connectivity index (χ3n) is 3.51. The zero-order valence-corrected chi connectivity index (χ0v) is 12.9. The molecule has 0 bridgehead atoms. The summed E-state index contributed by atoms with van der Waals surface area (Å²) in [5, 5.41) is 0. The standard InChI is InChI=1S/C19H16O4/c1-21-16-9-8-14(11-18(16)22-2)17-12-15(19(20)23-17)10-13-6-4-3-5-7-13/h3-12H,1-2H3. The van der Waals surface area contributed by atoms with Crippen molar-refractivity contribution in [1.29, 1.82) is 0 Å². The van der Waals surface area contributed by atoms with Crippen LogP contribution in [0.2, 0.25) is 0 Å². The molecule has 0 radical (unpaired) electrons. The van der Waals surface area contributed by atoms with Crippen LogP contribution in [0.5, 0.6) is 11.5 Å². The second-order valence-electron chi connectivity index (χ2n) is 4.98. The summed E-state index contributed by atoms with van der Waals surface area (Å²) in [4.78, 5) is 12.0. The van der Waals surface area contributed by atoms with Gasteiger partial charge in [-0.1, -0.05) is 30.3 Å². The highest BCUT2D eigenvalue weighted by atomic mass is 16.5. The van der Waals surface area contributed by atoms with Crippen molar-refractivity contribution in [3.05, 3.63) is 71.3 Å². The maximum absolute atomic E-state index is 12.0. The second kappa shape index (κ2) is 6.40. The van der Waals surface area contributed by atoms with E-state index in [4.69, 9.17) is 14.2 Å². The number of ether oxygens (including phenoxy) is 3. The number of carbonyl (C=O) groups is 1. The molecular weight excluding hydrogens is 292 g/mol. The Morgan fingerprint density at radius 3 is 2.39 bits per heavy atom. The van der Waals surface area contributed by atoms with Crippen LogP contribution in [0.3, 0.4) is 0 Å². The Hall–Kier alpha value is -3.01. The number of benzene rings is 2. The smallest absolute Gasteiger partial charge is 0.343 e. The van der Waals surface area contributed by atoms with Crippen LogP contribution in [0.15, 0.2) is 60.2 Å². The van der Waals surface area contributed by atoms with Crippen LogP contribution in [0.1, 0.15) is 11.1 Å². The maximum atomic E-state index is 12.0. The molecule has 0 saturated carbocycles. The first-order valence-electron chi connectivity index (χ1n) is 7.14. The average Bonchev–Trinajstić information content (AvgIpc) is 2.96. The van der Waals surface area contributed by atoms with Crippen molar-refractivity contribution in [1.82, 2.24) is 0 Å². The van der Waals surface area contributed by atoms with Crippen LogP contribution in [-0.4, -0.2) is 20.2 Å². The number of hydrogen-bond donors (Lipinski definition) is 0. The van der Waals surface area contributed by atoms with Crippen molar-refractivity contribution in [3.63, 3.8) is 0 Å². The summed E-state index contributed by atoms with van der Waals surface area (Å²) in [6.45, 7) is 0. The third kappa shape index (κ3) is 3.11. The van der Waals surface area contributed by atoms with Gasteiger partial charge in [-0.3, -0.25) is 0 Å². The molecule has 2 aromatic rings. The van der Waals surface area contributed by atoms with Crippen LogP contribution in [0, 0.1) is 0 Å². The Morgan fingerprint density at radius 1 is 0.957 bits per heavy atom. The third-order valence-corrected chi connectivity index (χ3v) is 3.51. The lowest BCUT2D eigenvalue weighted by atomic mass is 10.1. The minimum atomic E-state index is -0.362. The van der Waals surface area contributed by atoms with Gasteiger partial charge in [0.15, 0.2) is 11.5 Å². The molecule has 23 heavy (non-hydrogen) atoms. The van der Waals surface area contributed by atoms with Gasteiger partial charge in [0, 0.05) is 5.56 Å². The molecular formula is C19H16O4. The number of hydrogen-bond acceptors (Lipinski definition) is 4. The molecule has 116 valence electrons. The van der Waals surface area contributed by atoms with Crippen molar-refractivity contribution in [2.75, 3.05) is 14.2 Å². The normalized spacial score (nSPS) is 15.3. The minimum Gasteiger partial charge on any atom is -0.493 e. The first-order valence-corrected chi connectivity index (χ1v) is 7.14. The van der Waals surface area contributed by atoms with E-state index in [1.165, 1.54) is 0 Å². The Balaban J connectivity index is 1.94. The van der Waals surface area contributed by atoms with Crippen LogP contribution in [0.25, 0.3) is 11.8 Å². The summed E-state index contributed by atoms with van der Waals surface area (Å²) in [5.41, 5.74) is 2.22. The molecule has 0 aliphatic carbocycles. The zero-order chi connectivity index (χ0) is 16.2. The molecule has 0 saturated heterocycles. The van der Waals surface area contributed by atoms with Crippen molar-refractivity contribution >= 4 is 17.8 Å². The largest absolute Gasteiger partial charge is 0.493 e. The summed E-state index contributed by atoms with van der Waals surface area (Å²) < 4.78 is 15.9. The Kier molecular flexibility index (Phi) is 4.15. The highest BCUT2D eigenvalue weighted by molar-refractivity contribution is 6.05. The molecule has 4 nitrogen and oxygen atoms in total. The minimum absolute atomic E-state index is 0.362. The molecule has 0 fully saturated rings. The fourth-order valence-corrected chi connectivity index (χ4v) is 2.35. The Morgan fingerprint density at radius 2 is 1.70 bits per heavy atom. The van der Waals surface area contributed by atoms with Gasteiger partial charge in [-0.15, -0.1) is 0 Å². The molecule has 3 rings (SSSR count). The number of esters is 1. The molecule has 1 heterocycles. The first kappa shape index (κ1) is 14.9. The topological polar surface area (TPSA) is 44.8 Å². The molecule has 4 heteroatoms. The first-order chi connectivity index (χ1) is 11.2. The Labute approximate surface area is 134 Å². The van der Waals surface area contributed by atoms with Gasteiger partial charge in [0.25, 0.3) is 0 Å². The monoisotopic (exact) mass is 308 g/mol. The molecule has 0 spiro atoms. The highest BCUT2D eigenvalue weighted by Gasteiger charge is 2.22. The maximum Gasteiger partial charge on any atom is 0.343 e. The molecule has 0 unspecified atom stereocenters. The highest BCUT2D eigenvalue weighted by Crippen LogP contribution is 2.33. The summed E-state index contributed by atoms with van der Waals surface area (Å²) in [6, 6.07) is 15.0. The SMILES string of the molecule is COc1ccc(C2=CC(=Cc3ccccc3)C(=O)O2)cc1OC. The van der Waals surface area contributed by atoms with Gasteiger partial charge < -0.3 is 14.2 Å². The zero-order valence-electron chi connectivity index (χ0n) is 12.9. The van der Waals surface area contributed by atoms with Gasteiger partial charge in [0.05, 0.1) is 19.8 Å². The van der Waals surface area contributed by atoms with Crippen molar-refractivity contribution in [2.24, 2.45) is 0 Å². The molecule has 1 aliphatic rings. The van der Waals surface area contributed by atoms with Crippen LogP contribution >= 0.6 is 0 Å². The number of rotatable bonds is 4. The quantitative estimate of drug-likeness (QED) is 0.638. The fraction of sp³-hybridized carbons (Fsp3) is 0.105. The fourth-order valence-electron chi connectivity index (χ4n) is 2.35. The van der Waals surface area contributed by atoms with Crippen molar-refractivity contribution < 1.29 is 19.0 Å².